The number of nitrogens with one attached hydrogen (secondary N) is 1. The first-order valence-corrected chi connectivity index (χ1v) is 5.74. The average molecular weight is 258 g/mol. The Hall–Kier alpha value is -0.770. The van der Waals surface area contributed by atoms with Gasteiger partial charge in [0.1, 0.15) is 5.75 Å². The SMILES string of the molecule is COc1cccc(C2(C)NCCCC2O)c1.Cl. The van der Waals surface area contributed by atoms with Crippen molar-refractivity contribution in [2.24, 2.45) is 0 Å². The Morgan fingerprint density at radius 1 is 1.47 bits per heavy atom. The van der Waals surface area contributed by atoms with Gasteiger partial charge < -0.3 is 15.2 Å². The van der Waals surface area contributed by atoms with Crippen molar-refractivity contribution in [2.45, 2.75) is 31.4 Å². The molecule has 1 aromatic carbocycles. The maximum atomic E-state index is 10.1. The molecule has 1 fully saturated rings. The predicted molar refractivity (Wildman–Crippen MR) is 70.8 cm³/mol. The van der Waals surface area contributed by atoms with Gasteiger partial charge in [-0.3, -0.25) is 0 Å². The Bertz CT molecular complexity index is 372. The van der Waals surface area contributed by atoms with Crippen molar-refractivity contribution in [1.29, 1.82) is 0 Å². The summed E-state index contributed by atoms with van der Waals surface area (Å²) in [4.78, 5) is 0. The van der Waals surface area contributed by atoms with Gasteiger partial charge in [0.05, 0.1) is 18.8 Å². The Morgan fingerprint density at radius 2 is 2.24 bits per heavy atom. The van der Waals surface area contributed by atoms with E-state index < -0.39 is 0 Å². The van der Waals surface area contributed by atoms with Gasteiger partial charge in [-0.1, -0.05) is 12.1 Å². The number of hydrogen-bond donors (Lipinski definition) is 2. The molecule has 1 aliphatic rings. The first-order chi connectivity index (χ1) is 7.66. The third-order valence-electron chi connectivity index (χ3n) is 3.48. The standard InChI is InChI=1S/C13H19NO2.ClH/c1-13(12(15)7-4-8-14-13)10-5-3-6-11(9-10)16-2;/h3,5-6,9,12,14-15H,4,7-8H2,1-2H3;1H. The minimum absolute atomic E-state index is 0. The topological polar surface area (TPSA) is 41.5 Å². The van der Waals surface area contributed by atoms with Crippen molar-refractivity contribution in [3.63, 3.8) is 0 Å². The Labute approximate surface area is 109 Å². The molecule has 1 saturated heterocycles. The first kappa shape index (κ1) is 14.3. The van der Waals surface area contributed by atoms with Crippen LogP contribution >= 0.6 is 12.4 Å². The van der Waals surface area contributed by atoms with Gasteiger partial charge >= 0.3 is 0 Å². The average Bonchev–Trinajstić information content (AvgIpc) is 2.33. The molecule has 17 heavy (non-hydrogen) atoms. The van der Waals surface area contributed by atoms with Gasteiger partial charge in [-0.05, 0) is 44.0 Å². The highest BCUT2D eigenvalue weighted by Crippen LogP contribution is 2.31. The Morgan fingerprint density at radius 3 is 2.88 bits per heavy atom. The van der Waals surface area contributed by atoms with Gasteiger partial charge in [0.2, 0.25) is 0 Å². The van der Waals surface area contributed by atoms with E-state index in [0.29, 0.717) is 0 Å². The minimum Gasteiger partial charge on any atom is -0.497 e. The van der Waals surface area contributed by atoms with Gasteiger partial charge in [0.25, 0.3) is 0 Å². The van der Waals surface area contributed by atoms with E-state index in [0.717, 1.165) is 30.7 Å². The summed E-state index contributed by atoms with van der Waals surface area (Å²) >= 11 is 0. The van der Waals surface area contributed by atoms with Crippen molar-refractivity contribution in [1.82, 2.24) is 5.32 Å². The van der Waals surface area contributed by atoms with Crippen LogP contribution in [-0.2, 0) is 5.54 Å². The molecule has 96 valence electrons. The molecule has 0 bridgehead atoms. The normalized spacial score (nSPS) is 28.3. The molecule has 0 aliphatic carbocycles. The third-order valence-corrected chi connectivity index (χ3v) is 3.48. The minimum atomic E-state index is -0.354. The van der Waals surface area contributed by atoms with Crippen molar-refractivity contribution >= 4 is 12.4 Å². The molecule has 1 heterocycles. The highest BCUT2D eigenvalue weighted by molar-refractivity contribution is 5.85. The second-order valence-electron chi connectivity index (χ2n) is 4.52. The van der Waals surface area contributed by atoms with Crippen LogP contribution in [0.25, 0.3) is 0 Å². The van der Waals surface area contributed by atoms with Crippen LogP contribution in [0.2, 0.25) is 0 Å². The lowest BCUT2D eigenvalue weighted by atomic mass is 9.81. The van der Waals surface area contributed by atoms with Crippen LogP contribution in [0.15, 0.2) is 24.3 Å². The lowest BCUT2D eigenvalue weighted by Crippen LogP contribution is -2.53. The van der Waals surface area contributed by atoms with E-state index in [1.165, 1.54) is 0 Å². The number of aliphatic hydroxyl groups is 1. The highest BCUT2D eigenvalue weighted by atomic mass is 35.5. The number of aliphatic hydroxyl groups excluding tert-OH is 1. The summed E-state index contributed by atoms with van der Waals surface area (Å²) < 4.78 is 5.22. The number of halogens is 1. The summed E-state index contributed by atoms with van der Waals surface area (Å²) in [6.45, 7) is 3.00. The Kier molecular flexibility index (Phi) is 4.80. The molecule has 3 nitrogen and oxygen atoms in total. The number of hydrogen-bond acceptors (Lipinski definition) is 3. The molecule has 0 aromatic heterocycles. The molecule has 2 rings (SSSR count). The number of rotatable bonds is 2. The van der Waals surface area contributed by atoms with E-state index >= 15 is 0 Å². The molecule has 1 aromatic rings. The maximum Gasteiger partial charge on any atom is 0.119 e. The molecule has 0 saturated carbocycles. The van der Waals surface area contributed by atoms with E-state index in [9.17, 15) is 5.11 Å². The van der Waals surface area contributed by atoms with Gasteiger partial charge in [0, 0.05) is 0 Å². The predicted octanol–water partition coefficient (Wildman–Crippen LogP) is 2.08. The third kappa shape index (κ3) is 2.73. The second-order valence-corrected chi connectivity index (χ2v) is 4.52. The van der Waals surface area contributed by atoms with Gasteiger partial charge in [-0.15, -0.1) is 12.4 Å². The van der Waals surface area contributed by atoms with Crippen molar-refractivity contribution in [3.8, 4) is 5.75 Å². The van der Waals surface area contributed by atoms with Gasteiger partial charge in [-0.2, -0.15) is 0 Å². The lowest BCUT2D eigenvalue weighted by Gasteiger charge is -2.40. The first-order valence-electron chi connectivity index (χ1n) is 5.74. The van der Waals surface area contributed by atoms with E-state index in [4.69, 9.17) is 4.74 Å². The van der Waals surface area contributed by atoms with E-state index in [-0.39, 0.29) is 24.0 Å². The van der Waals surface area contributed by atoms with Crippen molar-refractivity contribution in [2.75, 3.05) is 13.7 Å². The molecule has 1 aliphatic heterocycles. The van der Waals surface area contributed by atoms with Crippen LogP contribution in [0, 0.1) is 0 Å². The van der Waals surface area contributed by atoms with Crippen LogP contribution in [-0.4, -0.2) is 24.9 Å². The molecule has 0 spiro atoms. The fourth-order valence-corrected chi connectivity index (χ4v) is 2.29. The number of benzene rings is 1. The number of methoxy groups -OCH3 is 1. The van der Waals surface area contributed by atoms with E-state index in [1.807, 2.05) is 31.2 Å². The van der Waals surface area contributed by atoms with E-state index in [2.05, 4.69) is 5.32 Å². The van der Waals surface area contributed by atoms with Crippen LogP contribution in [0.4, 0.5) is 0 Å². The number of piperidine rings is 1. The summed E-state index contributed by atoms with van der Waals surface area (Å²) in [6, 6.07) is 7.90. The van der Waals surface area contributed by atoms with Crippen molar-refractivity contribution < 1.29 is 9.84 Å². The molecular formula is C13H20ClNO2. The molecule has 2 unspecified atom stereocenters. The zero-order chi connectivity index (χ0) is 11.6. The number of ether oxygens (including phenoxy) is 1. The zero-order valence-corrected chi connectivity index (χ0v) is 11.1. The summed E-state index contributed by atoms with van der Waals surface area (Å²) in [5, 5.41) is 13.5. The van der Waals surface area contributed by atoms with Gasteiger partial charge in [-0.25, -0.2) is 0 Å². The van der Waals surface area contributed by atoms with Crippen LogP contribution < -0.4 is 10.1 Å². The van der Waals surface area contributed by atoms with Crippen molar-refractivity contribution in [3.05, 3.63) is 29.8 Å². The molecule has 2 N–H and O–H groups in total. The maximum absolute atomic E-state index is 10.1. The summed E-state index contributed by atoms with van der Waals surface area (Å²) in [5.74, 6) is 0.832. The molecule has 4 heteroatoms. The lowest BCUT2D eigenvalue weighted by molar-refractivity contribution is 0.0384. The monoisotopic (exact) mass is 257 g/mol. The van der Waals surface area contributed by atoms with Crippen LogP contribution in [0.3, 0.4) is 0 Å². The Balaban J connectivity index is 0.00000144. The summed E-state index contributed by atoms with van der Waals surface area (Å²) in [6.07, 6.45) is 1.54. The molecule has 2 atom stereocenters. The van der Waals surface area contributed by atoms with Crippen LogP contribution in [0.5, 0.6) is 5.75 Å². The smallest absolute Gasteiger partial charge is 0.119 e. The largest absolute Gasteiger partial charge is 0.497 e. The van der Waals surface area contributed by atoms with E-state index in [1.54, 1.807) is 7.11 Å². The zero-order valence-electron chi connectivity index (χ0n) is 10.3. The quantitative estimate of drug-likeness (QED) is 0.852. The second kappa shape index (κ2) is 5.71. The summed E-state index contributed by atoms with van der Waals surface area (Å²) in [5.41, 5.74) is 0.728. The molecular weight excluding hydrogens is 238 g/mol. The molecule has 0 radical (unpaired) electrons. The fourth-order valence-electron chi connectivity index (χ4n) is 2.29. The van der Waals surface area contributed by atoms with Crippen LogP contribution in [0.1, 0.15) is 25.3 Å². The summed E-state index contributed by atoms with van der Waals surface area (Å²) in [7, 11) is 1.66. The molecule has 0 amide bonds. The van der Waals surface area contributed by atoms with Gasteiger partial charge in [0.15, 0.2) is 0 Å². The highest BCUT2D eigenvalue weighted by Gasteiger charge is 2.36. The fraction of sp³-hybridized carbons (Fsp3) is 0.538.